The largest absolute Gasteiger partial charge is 0.354 e. The van der Waals surface area contributed by atoms with E-state index in [1.54, 1.807) is 4.90 Å². The molecule has 1 aromatic carbocycles. The van der Waals surface area contributed by atoms with Gasteiger partial charge in [0, 0.05) is 13.1 Å². The van der Waals surface area contributed by atoms with E-state index in [1.807, 2.05) is 31.2 Å². The van der Waals surface area contributed by atoms with Gasteiger partial charge in [-0.1, -0.05) is 44.5 Å². The number of nitrogens with two attached hydrogens (primary N) is 1. The molecule has 1 aliphatic rings. The van der Waals surface area contributed by atoms with E-state index < -0.39 is 12.1 Å². The monoisotopic (exact) mass is 303 g/mol. The number of carbonyl (C=O) groups is 2. The van der Waals surface area contributed by atoms with Crippen LogP contribution in [0.2, 0.25) is 0 Å². The SMILES string of the molecule is CCCCNC(=O)[C@@H]1c2ccccc2CN1C(=O)[C@@H](N)CC. The highest BCUT2D eigenvalue weighted by Gasteiger charge is 2.39. The Balaban J connectivity index is 2.23. The molecular weight excluding hydrogens is 278 g/mol. The lowest BCUT2D eigenvalue weighted by Crippen LogP contribution is -2.46. The second-order valence-corrected chi connectivity index (χ2v) is 5.73. The number of hydrogen-bond donors (Lipinski definition) is 2. The van der Waals surface area contributed by atoms with Gasteiger partial charge in [0.15, 0.2) is 0 Å². The quantitative estimate of drug-likeness (QED) is 0.786. The maximum absolute atomic E-state index is 12.6. The second-order valence-electron chi connectivity index (χ2n) is 5.73. The number of hydrogen-bond acceptors (Lipinski definition) is 3. The zero-order valence-electron chi connectivity index (χ0n) is 13.3. The predicted molar refractivity (Wildman–Crippen MR) is 85.9 cm³/mol. The van der Waals surface area contributed by atoms with E-state index in [2.05, 4.69) is 12.2 Å². The summed E-state index contributed by atoms with van der Waals surface area (Å²) in [7, 11) is 0. The Hall–Kier alpha value is -1.88. The molecule has 0 saturated carbocycles. The molecule has 3 N–H and O–H groups in total. The third-order valence-corrected chi connectivity index (χ3v) is 4.12. The standard InChI is InChI=1S/C17H25N3O2/c1-3-5-10-19-16(21)15-13-9-7-6-8-12(13)11-20(15)17(22)14(18)4-2/h6-9,14-15H,3-5,10-11,18H2,1-2H3,(H,19,21)/t14-,15-/m0/s1. The van der Waals surface area contributed by atoms with E-state index >= 15 is 0 Å². The number of amides is 2. The average molecular weight is 303 g/mol. The summed E-state index contributed by atoms with van der Waals surface area (Å²) in [4.78, 5) is 26.7. The summed E-state index contributed by atoms with van der Waals surface area (Å²) in [5, 5.41) is 2.93. The number of fused-ring (bicyclic) bond motifs is 1. The summed E-state index contributed by atoms with van der Waals surface area (Å²) < 4.78 is 0. The van der Waals surface area contributed by atoms with Gasteiger partial charge in [0.25, 0.3) is 0 Å². The molecule has 0 bridgehead atoms. The zero-order valence-corrected chi connectivity index (χ0v) is 13.3. The van der Waals surface area contributed by atoms with Crippen LogP contribution in [-0.2, 0) is 16.1 Å². The molecule has 0 spiro atoms. The fraction of sp³-hybridized carbons (Fsp3) is 0.529. The molecule has 22 heavy (non-hydrogen) atoms. The summed E-state index contributed by atoms with van der Waals surface area (Å²) in [5.74, 6) is -0.274. The summed E-state index contributed by atoms with van der Waals surface area (Å²) in [6.45, 7) is 5.04. The van der Waals surface area contributed by atoms with Gasteiger partial charge in [0.05, 0.1) is 6.04 Å². The van der Waals surface area contributed by atoms with Crippen molar-refractivity contribution in [2.75, 3.05) is 6.54 Å². The molecule has 2 amide bonds. The smallest absolute Gasteiger partial charge is 0.247 e. The second kappa shape index (κ2) is 7.40. The topological polar surface area (TPSA) is 75.4 Å². The Kier molecular flexibility index (Phi) is 5.55. The molecule has 120 valence electrons. The third kappa shape index (κ3) is 3.30. The number of carbonyl (C=O) groups excluding carboxylic acids is 2. The van der Waals surface area contributed by atoms with Gasteiger partial charge < -0.3 is 16.0 Å². The maximum Gasteiger partial charge on any atom is 0.247 e. The Bertz CT molecular complexity index is 544. The van der Waals surface area contributed by atoms with Gasteiger partial charge in [-0.3, -0.25) is 9.59 Å². The normalized spacial score (nSPS) is 18.0. The van der Waals surface area contributed by atoms with E-state index in [0.29, 0.717) is 19.5 Å². The van der Waals surface area contributed by atoms with Crippen LogP contribution in [0.1, 0.15) is 50.3 Å². The van der Waals surface area contributed by atoms with Gasteiger partial charge in [-0.2, -0.15) is 0 Å². The predicted octanol–water partition coefficient (Wildman–Crippen LogP) is 1.72. The van der Waals surface area contributed by atoms with Crippen molar-refractivity contribution in [2.45, 2.75) is 51.7 Å². The van der Waals surface area contributed by atoms with Crippen LogP contribution in [0.25, 0.3) is 0 Å². The minimum Gasteiger partial charge on any atom is -0.354 e. The average Bonchev–Trinajstić information content (AvgIpc) is 2.92. The van der Waals surface area contributed by atoms with Crippen LogP contribution < -0.4 is 11.1 Å². The highest BCUT2D eigenvalue weighted by molar-refractivity contribution is 5.92. The number of unbranched alkanes of at least 4 members (excludes halogenated alkanes) is 1. The van der Waals surface area contributed by atoms with Crippen LogP contribution in [0.5, 0.6) is 0 Å². The minimum atomic E-state index is -0.557. The lowest BCUT2D eigenvalue weighted by molar-refractivity contribution is -0.141. The molecule has 0 saturated heterocycles. The van der Waals surface area contributed by atoms with Gasteiger partial charge in [-0.05, 0) is 24.0 Å². The lowest BCUT2D eigenvalue weighted by Gasteiger charge is -2.26. The number of rotatable bonds is 6. The summed E-state index contributed by atoms with van der Waals surface area (Å²) in [6.07, 6.45) is 2.52. The minimum absolute atomic E-state index is 0.116. The molecule has 1 aromatic rings. The molecule has 0 aromatic heterocycles. The van der Waals surface area contributed by atoms with Gasteiger partial charge >= 0.3 is 0 Å². The molecule has 5 heteroatoms. The number of nitrogens with zero attached hydrogens (tertiary/aromatic N) is 1. The van der Waals surface area contributed by atoms with E-state index in [4.69, 9.17) is 5.73 Å². The first-order valence-electron chi connectivity index (χ1n) is 8.01. The van der Waals surface area contributed by atoms with Gasteiger partial charge in [-0.25, -0.2) is 0 Å². The van der Waals surface area contributed by atoms with Crippen molar-refractivity contribution in [3.05, 3.63) is 35.4 Å². The molecule has 1 aliphatic heterocycles. The molecular formula is C17H25N3O2. The maximum atomic E-state index is 12.6. The van der Waals surface area contributed by atoms with Crippen LogP contribution >= 0.6 is 0 Å². The first-order valence-corrected chi connectivity index (χ1v) is 8.01. The van der Waals surface area contributed by atoms with E-state index in [0.717, 1.165) is 24.0 Å². The molecule has 0 unspecified atom stereocenters. The van der Waals surface area contributed by atoms with Crippen LogP contribution in [0, 0.1) is 0 Å². The van der Waals surface area contributed by atoms with E-state index in [1.165, 1.54) is 0 Å². The Morgan fingerprint density at radius 3 is 2.77 bits per heavy atom. The lowest BCUT2D eigenvalue weighted by atomic mass is 10.0. The first kappa shape index (κ1) is 16.5. The highest BCUT2D eigenvalue weighted by atomic mass is 16.2. The molecule has 2 atom stereocenters. The Morgan fingerprint density at radius 2 is 2.09 bits per heavy atom. The summed E-state index contributed by atoms with van der Waals surface area (Å²) >= 11 is 0. The van der Waals surface area contributed by atoms with Crippen molar-refractivity contribution >= 4 is 11.8 Å². The third-order valence-electron chi connectivity index (χ3n) is 4.12. The van der Waals surface area contributed by atoms with E-state index in [9.17, 15) is 9.59 Å². The van der Waals surface area contributed by atoms with Gasteiger partial charge in [0.1, 0.15) is 6.04 Å². The molecule has 1 heterocycles. The number of nitrogens with one attached hydrogen (secondary N) is 1. The van der Waals surface area contributed by atoms with Crippen LogP contribution in [-0.4, -0.2) is 29.3 Å². The summed E-state index contributed by atoms with van der Waals surface area (Å²) in [6, 6.07) is 6.60. The summed E-state index contributed by atoms with van der Waals surface area (Å²) in [5.41, 5.74) is 7.83. The molecule has 5 nitrogen and oxygen atoms in total. The van der Waals surface area contributed by atoms with Crippen LogP contribution in [0.3, 0.4) is 0 Å². The van der Waals surface area contributed by atoms with Gasteiger partial charge in [-0.15, -0.1) is 0 Å². The Labute approximate surface area is 131 Å². The van der Waals surface area contributed by atoms with Crippen molar-refractivity contribution in [1.82, 2.24) is 10.2 Å². The van der Waals surface area contributed by atoms with Crippen molar-refractivity contribution in [3.63, 3.8) is 0 Å². The van der Waals surface area contributed by atoms with E-state index in [-0.39, 0.29) is 11.8 Å². The molecule has 0 radical (unpaired) electrons. The van der Waals surface area contributed by atoms with Crippen LogP contribution in [0.4, 0.5) is 0 Å². The molecule has 0 fully saturated rings. The van der Waals surface area contributed by atoms with Crippen molar-refractivity contribution < 1.29 is 9.59 Å². The fourth-order valence-electron chi connectivity index (χ4n) is 2.75. The van der Waals surface area contributed by atoms with Gasteiger partial charge in [0.2, 0.25) is 11.8 Å². The van der Waals surface area contributed by atoms with Crippen molar-refractivity contribution in [3.8, 4) is 0 Å². The Morgan fingerprint density at radius 1 is 1.36 bits per heavy atom. The zero-order chi connectivity index (χ0) is 16.1. The first-order chi connectivity index (χ1) is 10.6. The fourth-order valence-corrected chi connectivity index (χ4v) is 2.75. The molecule has 2 rings (SSSR count). The molecule has 0 aliphatic carbocycles. The highest BCUT2D eigenvalue weighted by Crippen LogP contribution is 2.34. The van der Waals surface area contributed by atoms with Crippen molar-refractivity contribution in [2.24, 2.45) is 5.73 Å². The van der Waals surface area contributed by atoms with Crippen molar-refractivity contribution in [1.29, 1.82) is 0 Å². The van der Waals surface area contributed by atoms with Crippen LogP contribution in [0.15, 0.2) is 24.3 Å². The number of benzene rings is 1.